The first kappa shape index (κ1) is 9.18. The fourth-order valence-corrected chi connectivity index (χ4v) is 0.812. The Hall–Kier alpha value is -1.91. The maximum absolute atomic E-state index is 10.9. The molecule has 0 aliphatic heterocycles. The Morgan fingerprint density at radius 2 is 2.38 bits per heavy atom. The van der Waals surface area contributed by atoms with Gasteiger partial charge in [-0.05, 0) is 12.1 Å². The number of pyridine rings is 1. The Bertz CT molecular complexity index is 321. The van der Waals surface area contributed by atoms with Gasteiger partial charge in [-0.25, -0.2) is 0 Å². The van der Waals surface area contributed by atoms with Gasteiger partial charge in [0.2, 0.25) is 0 Å². The lowest BCUT2D eigenvalue weighted by Crippen LogP contribution is -2.25. The van der Waals surface area contributed by atoms with E-state index in [2.05, 4.69) is 15.0 Å². The van der Waals surface area contributed by atoms with Gasteiger partial charge in [-0.1, -0.05) is 11.2 Å². The van der Waals surface area contributed by atoms with E-state index in [1.54, 1.807) is 24.4 Å². The second-order valence-electron chi connectivity index (χ2n) is 2.20. The number of rotatable bonds is 3. The average molecular weight is 179 g/mol. The standard InChI is InChI=1S/C8H9N3O2/c1-13-11-7(8(9)12)6-4-2-3-5-10-6/h2-5H,1H3,(H2,9,12)/b11-7+. The van der Waals surface area contributed by atoms with Crippen molar-refractivity contribution in [1.29, 1.82) is 0 Å². The Morgan fingerprint density at radius 1 is 1.62 bits per heavy atom. The van der Waals surface area contributed by atoms with E-state index in [0.717, 1.165) is 0 Å². The number of hydrogen-bond donors (Lipinski definition) is 1. The number of carbonyl (C=O) groups excluding carboxylic acids is 1. The fraction of sp³-hybridized carbons (Fsp3) is 0.125. The predicted molar refractivity (Wildman–Crippen MR) is 47.0 cm³/mol. The summed E-state index contributed by atoms with van der Waals surface area (Å²) >= 11 is 0. The van der Waals surface area contributed by atoms with Crippen LogP contribution in [0.25, 0.3) is 0 Å². The van der Waals surface area contributed by atoms with Crippen molar-refractivity contribution in [3.05, 3.63) is 30.1 Å². The molecule has 0 aromatic carbocycles. The molecule has 0 aliphatic rings. The van der Waals surface area contributed by atoms with Gasteiger partial charge >= 0.3 is 0 Å². The lowest BCUT2D eigenvalue weighted by atomic mass is 10.2. The van der Waals surface area contributed by atoms with Gasteiger partial charge < -0.3 is 10.6 Å². The molecule has 1 amide bonds. The van der Waals surface area contributed by atoms with Crippen molar-refractivity contribution in [3.63, 3.8) is 0 Å². The van der Waals surface area contributed by atoms with Gasteiger partial charge in [0.1, 0.15) is 7.11 Å². The van der Waals surface area contributed by atoms with Crippen LogP contribution in [0.3, 0.4) is 0 Å². The minimum absolute atomic E-state index is 0.0168. The second kappa shape index (κ2) is 4.20. The molecule has 0 saturated carbocycles. The fourth-order valence-electron chi connectivity index (χ4n) is 0.812. The number of hydrogen-bond acceptors (Lipinski definition) is 4. The normalized spacial score (nSPS) is 11.0. The molecule has 0 bridgehead atoms. The van der Waals surface area contributed by atoms with Crippen LogP contribution in [0.5, 0.6) is 0 Å². The molecule has 1 aromatic rings. The number of nitrogens with two attached hydrogens (primary N) is 1. The summed E-state index contributed by atoms with van der Waals surface area (Å²) < 4.78 is 0. The lowest BCUT2D eigenvalue weighted by molar-refractivity contribution is -0.112. The molecule has 13 heavy (non-hydrogen) atoms. The highest BCUT2D eigenvalue weighted by Gasteiger charge is 2.11. The Balaban J connectivity index is 3.03. The van der Waals surface area contributed by atoms with Crippen molar-refractivity contribution in [2.24, 2.45) is 10.9 Å². The van der Waals surface area contributed by atoms with Gasteiger partial charge in [0.25, 0.3) is 5.91 Å². The minimum Gasteiger partial charge on any atom is -0.398 e. The van der Waals surface area contributed by atoms with Crippen LogP contribution in [0.15, 0.2) is 29.6 Å². The van der Waals surface area contributed by atoms with E-state index in [4.69, 9.17) is 5.73 Å². The summed E-state index contributed by atoms with van der Waals surface area (Å²) in [5, 5.41) is 3.47. The minimum atomic E-state index is -0.666. The third-order valence-electron chi connectivity index (χ3n) is 1.32. The first-order valence-corrected chi connectivity index (χ1v) is 3.58. The van der Waals surface area contributed by atoms with Gasteiger partial charge in [-0.15, -0.1) is 0 Å². The van der Waals surface area contributed by atoms with E-state index in [1.807, 2.05) is 0 Å². The zero-order valence-corrected chi connectivity index (χ0v) is 7.10. The maximum atomic E-state index is 10.9. The van der Waals surface area contributed by atoms with Crippen molar-refractivity contribution in [3.8, 4) is 0 Å². The molecule has 2 N–H and O–H groups in total. The van der Waals surface area contributed by atoms with E-state index in [0.29, 0.717) is 5.69 Å². The Morgan fingerprint density at radius 3 is 2.85 bits per heavy atom. The number of nitrogens with zero attached hydrogens (tertiary/aromatic N) is 2. The zero-order valence-electron chi connectivity index (χ0n) is 7.10. The largest absolute Gasteiger partial charge is 0.398 e. The summed E-state index contributed by atoms with van der Waals surface area (Å²) in [4.78, 5) is 19.2. The molecule has 0 radical (unpaired) electrons. The molecule has 1 heterocycles. The van der Waals surface area contributed by atoms with Crippen molar-refractivity contribution in [2.45, 2.75) is 0 Å². The topological polar surface area (TPSA) is 77.6 Å². The van der Waals surface area contributed by atoms with E-state index >= 15 is 0 Å². The van der Waals surface area contributed by atoms with Gasteiger partial charge in [0, 0.05) is 6.20 Å². The van der Waals surface area contributed by atoms with Gasteiger partial charge in [-0.3, -0.25) is 9.78 Å². The summed E-state index contributed by atoms with van der Waals surface area (Å²) in [5.41, 5.74) is 5.48. The summed E-state index contributed by atoms with van der Waals surface area (Å²) in [6.45, 7) is 0. The highest BCUT2D eigenvalue weighted by molar-refractivity contribution is 6.44. The molecular weight excluding hydrogens is 170 g/mol. The van der Waals surface area contributed by atoms with Crippen LogP contribution in [-0.2, 0) is 9.63 Å². The SMILES string of the molecule is CO/N=C(/C(N)=O)c1ccccn1. The van der Waals surface area contributed by atoms with Crippen LogP contribution in [0.1, 0.15) is 5.69 Å². The molecule has 0 unspecified atom stereocenters. The van der Waals surface area contributed by atoms with Crippen LogP contribution < -0.4 is 5.73 Å². The third kappa shape index (κ3) is 2.26. The Labute approximate surface area is 75.2 Å². The highest BCUT2D eigenvalue weighted by Crippen LogP contribution is 1.96. The molecule has 0 atom stereocenters. The molecular formula is C8H9N3O2. The van der Waals surface area contributed by atoms with Crippen LogP contribution in [0.4, 0.5) is 0 Å². The smallest absolute Gasteiger partial charge is 0.273 e. The number of primary amides is 1. The summed E-state index contributed by atoms with van der Waals surface area (Å²) in [5.74, 6) is -0.666. The van der Waals surface area contributed by atoms with E-state index in [9.17, 15) is 4.79 Å². The summed E-state index contributed by atoms with van der Waals surface area (Å²) in [6, 6.07) is 5.09. The molecule has 68 valence electrons. The highest BCUT2D eigenvalue weighted by atomic mass is 16.6. The number of amides is 1. The van der Waals surface area contributed by atoms with Crippen LogP contribution >= 0.6 is 0 Å². The zero-order chi connectivity index (χ0) is 9.68. The monoisotopic (exact) mass is 179 g/mol. The van der Waals surface area contributed by atoms with Crippen molar-refractivity contribution < 1.29 is 9.63 Å². The first-order chi connectivity index (χ1) is 6.25. The van der Waals surface area contributed by atoms with E-state index < -0.39 is 5.91 Å². The van der Waals surface area contributed by atoms with Crippen LogP contribution in [0.2, 0.25) is 0 Å². The van der Waals surface area contributed by atoms with Crippen LogP contribution in [0, 0.1) is 0 Å². The summed E-state index contributed by atoms with van der Waals surface area (Å²) in [7, 11) is 1.34. The first-order valence-electron chi connectivity index (χ1n) is 3.58. The van der Waals surface area contributed by atoms with E-state index in [1.165, 1.54) is 7.11 Å². The van der Waals surface area contributed by atoms with Gasteiger partial charge in [0.05, 0.1) is 5.69 Å². The molecule has 0 saturated heterocycles. The van der Waals surface area contributed by atoms with Crippen molar-refractivity contribution in [2.75, 3.05) is 7.11 Å². The number of carbonyl (C=O) groups is 1. The van der Waals surface area contributed by atoms with Gasteiger partial charge in [0.15, 0.2) is 5.71 Å². The molecule has 0 fully saturated rings. The quantitative estimate of drug-likeness (QED) is 0.520. The predicted octanol–water partition coefficient (Wildman–Crippen LogP) is -0.0826. The lowest BCUT2D eigenvalue weighted by Gasteiger charge is -1.98. The maximum Gasteiger partial charge on any atom is 0.273 e. The molecule has 1 aromatic heterocycles. The molecule has 5 nitrogen and oxygen atoms in total. The number of aromatic nitrogens is 1. The van der Waals surface area contributed by atoms with E-state index in [-0.39, 0.29) is 5.71 Å². The Kier molecular flexibility index (Phi) is 2.97. The third-order valence-corrected chi connectivity index (χ3v) is 1.32. The molecule has 5 heteroatoms. The molecule has 0 aliphatic carbocycles. The average Bonchev–Trinajstić information content (AvgIpc) is 2.15. The second-order valence-corrected chi connectivity index (χ2v) is 2.20. The van der Waals surface area contributed by atoms with Crippen molar-refractivity contribution in [1.82, 2.24) is 4.98 Å². The van der Waals surface area contributed by atoms with Crippen LogP contribution in [-0.4, -0.2) is 23.7 Å². The summed E-state index contributed by atoms with van der Waals surface area (Å²) in [6.07, 6.45) is 1.55. The van der Waals surface area contributed by atoms with Gasteiger partial charge in [-0.2, -0.15) is 0 Å². The molecule has 1 rings (SSSR count). The number of oxime groups is 1. The molecule has 0 spiro atoms. The van der Waals surface area contributed by atoms with Crippen molar-refractivity contribution >= 4 is 11.6 Å².